The molecule has 8 heteroatoms. The topological polar surface area (TPSA) is 60.7 Å². The maximum Gasteiger partial charge on any atom is 0.491 e. The van der Waals surface area contributed by atoms with Gasteiger partial charge in [-0.25, -0.2) is 14.5 Å². The molecule has 1 heterocycles. The van der Waals surface area contributed by atoms with Crippen LogP contribution in [0, 0.1) is 0 Å². The molecule has 1 aliphatic rings. The molecule has 5 nitrogen and oxygen atoms in total. The quantitative estimate of drug-likeness (QED) is 0.598. The highest BCUT2D eigenvalue weighted by molar-refractivity contribution is 5.98. The Bertz CT molecular complexity index is 554. The van der Waals surface area contributed by atoms with Crippen LogP contribution in [0.3, 0.4) is 0 Å². The molecule has 0 N–H and O–H groups in total. The Morgan fingerprint density at radius 2 is 1.95 bits per heavy atom. The molecule has 0 spiro atoms. The highest BCUT2D eigenvalue weighted by Gasteiger charge is 2.43. The molecule has 0 saturated carbocycles. The van der Waals surface area contributed by atoms with Gasteiger partial charge in [0.15, 0.2) is 12.2 Å². The van der Waals surface area contributed by atoms with Gasteiger partial charge in [-0.3, -0.25) is 0 Å². The van der Waals surface area contributed by atoms with E-state index >= 15 is 0 Å². The van der Waals surface area contributed by atoms with Gasteiger partial charge in [0, 0.05) is 0 Å². The first-order chi connectivity index (χ1) is 8.88. The highest BCUT2D eigenvalue weighted by Crippen LogP contribution is 2.27. The number of nitrogens with zero attached hydrogens (tertiary/aromatic N) is 2. The molecule has 0 unspecified atom stereocenters. The van der Waals surface area contributed by atoms with E-state index in [-0.39, 0.29) is 0 Å². The second-order valence-electron chi connectivity index (χ2n) is 3.62. The number of hydrogen-bond acceptors (Lipinski definition) is 5. The molecule has 0 aliphatic carbocycles. The summed E-state index contributed by atoms with van der Waals surface area (Å²) in [6.45, 7) is -0.525. The zero-order chi connectivity index (χ0) is 14.0. The van der Waals surface area contributed by atoms with Crippen LogP contribution < -0.4 is 9.89 Å². The number of para-hydroxylation sites is 2. The minimum Gasteiger partial charge on any atom is -0.383 e. The van der Waals surface area contributed by atoms with E-state index in [1.807, 2.05) is 0 Å². The Morgan fingerprint density at radius 3 is 2.63 bits per heavy atom. The third-order valence-electron chi connectivity index (χ3n) is 2.26. The number of hydrogen-bond donors (Lipinski definition) is 0. The first-order valence-electron chi connectivity index (χ1n) is 5.09. The number of carbonyl (C=O) groups is 2. The fourth-order valence-electron chi connectivity index (χ4n) is 1.47. The van der Waals surface area contributed by atoms with E-state index in [2.05, 4.69) is 9.73 Å². The van der Waals surface area contributed by atoms with Crippen molar-refractivity contribution in [3.63, 3.8) is 0 Å². The zero-order valence-corrected chi connectivity index (χ0v) is 9.35. The van der Waals surface area contributed by atoms with Gasteiger partial charge in [0.05, 0.1) is 0 Å². The second kappa shape index (κ2) is 4.71. The number of halogens is 3. The van der Waals surface area contributed by atoms with Gasteiger partial charge in [-0.15, -0.1) is 0 Å². The maximum absolute atomic E-state index is 11.9. The Kier molecular flexibility index (Phi) is 3.24. The molecule has 1 aliphatic heterocycles. The van der Waals surface area contributed by atoms with Crippen LogP contribution in [0.1, 0.15) is 0 Å². The SMILES string of the molecule is O=C(CN1C=[N+]c2ccccc21)OC(=O)C(F)(F)F. The van der Waals surface area contributed by atoms with Gasteiger partial charge in [-0.1, -0.05) is 12.1 Å². The molecule has 0 fully saturated rings. The molecule has 0 amide bonds. The Labute approximate surface area is 105 Å². The van der Waals surface area contributed by atoms with Gasteiger partial charge in [-0.2, -0.15) is 13.2 Å². The molecule has 0 aromatic heterocycles. The van der Waals surface area contributed by atoms with Gasteiger partial charge < -0.3 is 4.74 Å². The number of anilines is 1. The monoisotopic (exact) mass is 272 g/mol. The van der Waals surface area contributed by atoms with Gasteiger partial charge in [0.1, 0.15) is 0 Å². The molecule has 2 rings (SSSR count). The summed E-state index contributed by atoms with van der Waals surface area (Å²) in [5, 5.41) is 0. The van der Waals surface area contributed by atoms with Crippen LogP contribution in [0.15, 0.2) is 24.3 Å². The van der Waals surface area contributed by atoms with Crippen LogP contribution in [0.25, 0.3) is 0 Å². The van der Waals surface area contributed by atoms with Crippen molar-refractivity contribution in [1.82, 2.24) is 4.99 Å². The van der Waals surface area contributed by atoms with Crippen molar-refractivity contribution >= 4 is 29.7 Å². The van der Waals surface area contributed by atoms with Crippen LogP contribution in [0.4, 0.5) is 24.5 Å². The van der Waals surface area contributed by atoms with Gasteiger partial charge in [-0.05, 0) is 17.1 Å². The summed E-state index contributed by atoms with van der Waals surface area (Å²) in [5.74, 6) is -3.83. The van der Waals surface area contributed by atoms with E-state index in [9.17, 15) is 22.8 Å². The van der Waals surface area contributed by atoms with Crippen molar-refractivity contribution in [2.24, 2.45) is 0 Å². The summed E-state index contributed by atoms with van der Waals surface area (Å²) in [5.41, 5.74) is 1.14. The van der Waals surface area contributed by atoms with Crippen LogP contribution >= 0.6 is 0 Å². The highest BCUT2D eigenvalue weighted by atomic mass is 19.4. The van der Waals surface area contributed by atoms with E-state index in [4.69, 9.17) is 0 Å². The minimum atomic E-state index is -5.19. The van der Waals surface area contributed by atoms with Crippen molar-refractivity contribution in [2.45, 2.75) is 6.18 Å². The lowest BCUT2D eigenvalue weighted by molar-refractivity contribution is -0.201. The molecular weight excluding hydrogens is 265 g/mol. The first-order valence-corrected chi connectivity index (χ1v) is 5.09. The second-order valence-corrected chi connectivity index (χ2v) is 3.62. The maximum atomic E-state index is 11.9. The van der Waals surface area contributed by atoms with E-state index in [1.54, 1.807) is 24.3 Å². The molecule has 1 aromatic carbocycles. The normalized spacial score (nSPS) is 13.3. The Hall–Kier alpha value is -2.38. The standard InChI is InChI=1S/C11H7F3N2O3/c12-11(13,14)10(18)19-9(17)5-16-6-15-7-3-1-2-4-8(7)16/h1-4,6H,5H2/q+1. The van der Waals surface area contributed by atoms with Crippen molar-refractivity contribution < 1.29 is 27.5 Å². The molecule has 99 valence electrons. The molecule has 1 radical (unpaired) electrons. The Balaban J connectivity index is 1.99. The molecule has 0 atom stereocenters. The van der Waals surface area contributed by atoms with E-state index in [1.165, 1.54) is 11.2 Å². The number of ether oxygens (including phenoxy) is 1. The van der Waals surface area contributed by atoms with Gasteiger partial charge in [0.25, 0.3) is 6.34 Å². The smallest absolute Gasteiger partial charge is 0.383 e. The molecule has 0 bridgehead atoms. The summed E-state index contributed by atoms with van der Waals surface area (Å²) < 4.78 is 39.4. The molecule has 1 aromatic rings. The third-order valence-corrected chi connectivity index (χ3v) is 2.26. The molecule has 0 saturated heterocycles. The third kappa shape index (κ3) is 2.90. The molecule has 19 heavy (non-hydrogen) atoms. The van der Waals surface area contributed by atoms with Crippen molar-refractivity contribution in [2.75, 3.05) is 11.4 Å². The predicted molar refractivity (Wildman–Crippen MR) is 58.8 cm³/mol. The fourth-order valence-corrected chi connectivity index (χ4v) is 1.47. The summed E-state index contributed by atoms with van der Waals surface area (Å²) in [4.78, 5) is 26.9. The lowest BCUT2D eigenvalue weighted by atomic mass is 10.2. The Morgan fingerprint density at radius 1 is 1.26 bits per heavy atom. The van der Waals surface area contributed by atoms with Crippen LogP contribution in [0.5, 0.6) is 0 Å². The lowest BCUT2D eigenvalue weighted by Gasteiger charge is -2.08. The van der Waals surface area contributed by atoms with E-state index in [0.29, 0.717) is 11.4 Å². The number of aliphatic imine (C=N–C) groups is 1. The fraction of sp³-hybridized carbons (Fsp3) is 0.182. The lowest BCUT2D eigenvalue weighted by Crippen LogP contribution is -2.34. The number of alkyl halides is 3. The van der Waals surface area contributed by atoms with Crippen molar-refractivity contribution in [1.29, 1.82) is 0 Å². The van der Waals surface area contributed by atoms with Crippen LogP contribution in [-0.2, 0) is 14.3 Å². The van der Waals surface area contributed by atoms with E-state index in [0.717, 1.165) is 0 Å². The van der Waals surface area contributed by atoms with Crippen LogP contribution in [-0.4, -0.2) is 31.0 Å². The first kappa shape index (κ1) is 13.1. The van der Waals surface area contributed by atoms with Crippen molar-refractivity contribution in [3.8, 4) is 0 Å². The summed E-state index contributed by atoms with van der Waals surface area (Å²) in [6, 6.07) is 6.73. The number of rotatable bonds is 2. The van der Waals surface area contributed by atoms with Crippen molar-refractivity contribution in [3.05, 3.63) is 24.3 Å². The summed E-state index contributed by atoms with van der Waals surface area (Å²) in [7, 11) is 0. The number of esters is 2. The summed E-state index contributed by atoms with van der Waals surface area (Å²) in [6.07, 6.45) is -3.91. The van der Waals surface area contributed by atoms with Crippen LogP contribution in [0.2, 0.25) is 0 Å². The molecular formula is C11H7F3N2O3+. The minimum absolute atomic E-state index is 0.525. The number of carbonyl (C=O) groups excluding carboxylic acids is 2. The predicted octanol–water partition coefficient (Wildman–Crippen LogP) is 1.13. The largest absolute Gasteiger partial charge is 0.491 e. The average molecular weight is 272 g/mol. The van der Waals surface area contributed by atoms with E-state index < -0.39 is 24.7 Å². The summed E-state index contributed by atoms with van der Waals surface area (Å²) >= 11 is 0. The average Bonchev–Trinajstić information content (AvgIpc) is 2.71. The van der Waals surface area contributed by atoms with Gasteiger partial charge in [0.2, 0.25) is 5.69 Å². The number of benzene rings is 1. The zero-order valence-electron chi connectivity index (χ0n) is 9.35. The van der Waals surface area contributed by atoms with Gasteiger partial charge >= 0.3 is 18.1 Å². The number of fused-ring (bicyclic) bond motifs is 1.